The van der Waals surface area contributed by atoms with Crippen molar-refractivity contribution < 1.29 is 9.21 Å². The van der Waals surface area contributed by atoms with E-state index in [-0.39, 0.29) is 11.8 Å². The van der Waals surface area contributed by atoms with Gasteiger partial charge in [-0.15, -0.1) is 0 Å². The van der Waals surface area contributed by atoms with Gasteiger partial charge in [-0.3, -0.25) is 9.78 Å². The molecule has 26 heavy (non-hydrogen) atoms. The standard InChI is InChI=1S/C22H22N2O2/c1-16-5-2-7-18(11-16)20-12-21(20)22(25)24(15-19-8-4-10-26-19)14-17-6-3-9-23-13-17/h2-11,13,20-21H,12,14-15H2,1H3/t20-,21-/m0/s1. The molecule has 1 amide bonds. The zero-order valence-corrected chi connectivity index (χ0v) is 14.8. The predicted molar refractivity (Wildman–Crippen MR) is 99.2 cm³/mol. The quantitative estimate of drug-likeness (QED) is 0.668. The molecule has 2 heterocycles. The van der Waals surface area contributed by atoms with Gasteiger partial charge in [0, 0.05) is 24.9 Å². The monoisotopic (exact) mass is 346 g/mol. The van der Waals surface area contributed by atoms with E-state index in [0.29, 0.717) is 19.0 Å². The Morgan fingerprint density at radius 2 is 2.12 bits per heavy atom. The van der Waals surface area contributed by atoms with Crippen molar-refractivity contribution in [1.29, 1.82) is 0 Å². The Hall–Kier alpha value is -2.88. The van der Waals surface area contributed by atoms with Crippen molar-refractivity contribution in [1.82, 2.24) is 9.88 Å². The molecule has 0 unspecified atom stereocenters. The van der Waals surface area contributed by atoms with Gasteiger partial charge in [0.2, 0.25) is 5.91 Å². The topological polar surface area (TPSA) is 46.3 Å². The van der Waals surface area contributed by atoms with E-state index in [9.17, 15) is 4.79 Å². The van der Waals surface area contributed by atoms with E-state index in [4.69, 9.17) is 4.42 Å². The fraction of sp³-hybridized carbons (Fsp3) is 0.273. The second-order valence-electron chi connectivity index (χ2n) is 7.00. The number of amides is 1. The van der Waals surface area contributed by atoms with Crippen LogP contribution >= 0.6 is 0 Å². The van der Waals surface area contributed by atoms with E-state index in [1.807, 2.05) is 35.4 Å². The molecule has 0 bridgehead atoms. The average molecular weight is 346 g/mol. The van der Waals surface area contributed by atoms with Crippen LogP contribution in [0.15, 0.2) is 71.6 Å². The second kappa shape index (κ2) is 7.16. The van der Waals surface area contributed by atoms with Gasteiger partial charge in [-0.05, 0) is 48.6 Å². The Morgan fingerprint density at radius 3 is 2.85 bits per heavy atom. The number of pyridine rings is 1. The molecule has 0 N–H and O–H groups in total. The number of hydrogen-bond acceptors (Lipinski definition) is 3. The molecule has 1 aliphatic carbocycles. The Morgan fingerprint density at radius 1 is 1.19 bits per heavy atom. The fourth-order valence-corrected chi connectivity index (χ4v) is 3.49. The lowest BCUT2D eigenvalue weighted by Gasteiger charge is -2.22. The van der Waals surface area contributed by atoms with Gasteiger partial charge >= 0.3 is 0 Å². The number of hydrogen-bond donors (Lipinski definition) is 0. The largest absolute Gasteiger partial charge is 0.467 e. The number of benzene rings is 1. The number of carbonyl (C=O) groups is 1. The summed E-state index contributed by atoms with van der Waals surface area (Å²) in [5, 5.41) is 0. The number of rotatable bonds is 6. The second-order valence-corrected chi connectivity index (χ2v) is 7.00. The molecule has 2 aromatic heterocycles. The molecule has 2 atom stereocenters. The summed E-state index contributed by atoms with van der Waals surface area (Å²) in [7, 11) is 0. The van der Waals surface area contributed by atoms with Crippen LogP contribution in [0.25, 0.3) is 0 Å². The minimum atomic E-state index is 0.0587. The molecule has 132 valence electrons. The predicted octanol–water partition coefficient (Wildman–Crippen LogP) is 4.32. The summed E-state index contributed by atoms with van der Waals surface area (Å²) in [6.07, 6.45) is 6.13. The molecule has 0 radical (unpaired) electrons. The third-order valence-electron chi connectivity index (χ3n) is 4.91. The maximum Gasteiger partial charge on any atom is 0.227 e. The van der Waals surface area contributed by atoms with E-state index in [0.717, 1.165) is 17.7 Å². The number of aromatic nitrogens is 1. The molecule has 4 heteroatoms. The molecule has 3 aromatic rings. The Kier molecular flexibility index (Phi) is 4.57. The lowest BCUT2D eigenvalue weighted by molar-refractivity contribution is -0.134. The van der Waals surface area contributed by atoms with Gasteiger partial charge in [-0.1, -0.05) is 35.9 Å². The first-order chi connectivity index (χ1) is 12.7. The lowest BCUT2D eigenvalue weighted by Crippen LogP contribution is -2.31. The third kappa shape index (κ3) is 3.69. The number of furan rings is 1. The molecular formula is C22H22N2O2. The van der Waals surface area contributed by atoms with E-state index >= 15 is 0 Å². The maximum absolute atomic E-state index is 13.2. The molecule has 1 fully saturated rings. The van der Waals surface area contributed by atoms with Crippen LogP contribution in [0, 0.1) is 12.8 Å². The normalized spacial score (nSPS) is 18.5. The molecule has 4 nitrogen and oxygen atoms in total. The highest BCUT2D eigenvalue weighted by Crippen LogP contribution is 2.48. The number of nitrogens with zero attached hydrogens (tertiary/aromatic N) is 2. The van der Waals surface area contributed by atoms with Crippen molar-refractivity contribution >= 4 is 5.91 Å². The fourth-order valence-electron chi connectivity index (χ4n) is 3.49. The van der Waals surface area contributed by atoms with Crippen LogP contribution in [0.1, 0.15) is 34.8 Å². The summed E-state index contributed by atoms with van der Waals surface area (Å²) < 4.78 is 5.47. The van der Waals surface area contributed by atoms with Gasteiger partial charge in [0.25, 0.3) is 0 Å². The van der Waals surface area contributed by atoms with Crippen LogP contribution in [0.4, 0.5) is 0 Å². The van der Waals surface area contributed by atoms with E-state index in [1.54, 1.807) is 12.5 Å². The maximum atomic E-state index is 13.2. The smallest absolute Gasteiger partial charge is 0.227 e. The first kappa shape index (κ1) is 16.6. The molecule has 4 rings (SSSR count). The first-order valence-corrected chi connectivity index (χ1v) is 8.97. The number of carbonyl (C=O) groups excluding carboxylic acids is 1. The molecule has 0 spiro atoms. The summed E-state index contributed by atoms with van der Waals surface area (Å²) in [6, 6.07) is 16.1. The summed E-state index contributed by atoms with van der Waals surface area (Å²) in [5.74, 6) is 1.38. The Labute approximate surface area is 153 Å². The summed E-state index contributed by atoms with van der Waals surface area (Å²) in [6.45, 7) is 3.12. The van der Waals surface area contributed by atoms with Gasteiger partial charge in [-0.2, -0.15) is 0 Å². The molecule has 1 aliphatic rings. The van der Waals surface area contributed by atoms with Gasteiger partial charge in [0.05, 0.1) is 12.8 Å². The minimum absolute atomic E-state index is 0.0587. The SMILES string of the molecule is Cc1cccc([C@@H]2C[C@@H]2C(=O)N(Cc2cccnc2)Cc2ccco2)c1. The first-order valence-electron chi connectivity index (χ1n) is 8.97. The lowest BCUT2D eigenvalue weighted by atomic mass is 10.1. The molecule has 1 saturated carbocycles. The molecule has 0 saturated heterocycles. The minimum Gasteiger partial charge on any atom is -0.467 e. The highest BCUT2D eigenvalue weighted by atomic mass is 16.3. The Bertz CT molecular complexity index is 874. The zero-order valence-electron chi connectivity index (χ0n) is 14.8. The zero-order chi connectivity index (χ0) is 17.9. The van der Waals surface area contributed by atoms with E-state index in [1.165, 1.54) is 11.1 Å². The van der Waals surface area contributed by atoms with Crippen molar-refractivity contribution in [3.63, 3.8) is 0 Å². The van der Waals surface area contributed by atoms with E-state index < -0.39 is 0 Å². The van der Waals surface area contributed by atoms with Crippen LogP contribution in [-0.2, 0) is 17.9 Å². The highest BCUT2D eigenvalue weighted by molar-refractivity contribution is 5.83. The van der Waals surface area contributed by atoms with Crippen LogP contribution in [0.5, 0.6) is 0 Å². The Balaban J connectivity index is 1.51. The van der Waals surface area contributed by atoms with Crippen molar-refractivity contribution in [3.8, 4) is 0 Å². The summed E-state index contributed by atoms with van der Waals surface area (Å²) >= 11 is 0. The van der Waals surface area contributed by atoms with Crippen molar-refractivity contribution in [2.24, 2.45) is 5.92 Å². The highest BCUT2D eigenvalue weighted by Gasteiger charge is 2.45. The van der Waals surface area contributed by atoms with Crippen molar-refractivity contribution in [2.75, 3.05) is 0 Å². The van der Waals surface area contributed by atoms with Crippen LogP contribution in [0.2, 0.25) is 0 Å². The van der Waals surface area contributed by atoms with Crippen molar-refractivity contribution in [3.05, 3.63) is 89.6 Å². The van der Waals surface area contributed by atoms with Gasteiger partial charge in [-0.25, -0.2) is 0 Å². The van der Waals surface area contributed by atoms with Crippen molar-refractivity contribution in [2.45, 2.75) is 32.4 Å². The average Bonchev–Trinajstić information content (AvgIpc) is 3.30. The summed E-state index contributed by atoms with van der Waals surface area (Å²) in [5.41, 5.74) is 3.53. The molecular weight excluding hydrogens is 324 g/mol. The number of aryl methyl sites for hydroxylation is 1. The van der Waals surface area contributed by atoms with Crippen LogP contribution in [-0.4, -0.2) is 15.8 Å². The van der Waals surface area contributed by atoms with Gasteiger partial charge < -0.3 is 9.32 Å². The van der Waals surface area contributed by atoms with Gasteiger partial charge in [0.15, 0.2) is 0 Å². The van der Waals surface area contributed by atoms with Crippen LogP contribution < -0.4 is 0 Å². The third-order valence-corrected chi connectivity index (χ3v) is 4.91. The van der Waals surface area contributed by atoms with Gasteiger partial charge in [0.1, 0.15) is 5.76 Å². The molecule has 0 aliphatic heterocycles. The molecule has 1 aromatic carbocycles. The van der Waals surface area contributed by atoms with E-state index in [2.05, 4.69) is 36.2 Å². The van der Waals surface area contributed by atoms with Crippen LogP contribution in [0.3, 0.4) is 0 Å². The summed E-state index contributed by atoms with van der Waals surface area (Å²) in [4.78, 5) is 19.2.